The van der Waals surface area contributed by atoms with Crippen LogP contribution in [-0.4, -0.2) is 29.4 Å². The molecule has 2 aromatic rings. The van der Waals surface area contributed by atoms with E-state index >= 15 is 0 Å². The Morgan fingerprint density at radius 2 is 1.95 bits per heavy atom. The van der Waals surface area contributed by atoms with Crippen molar-refractivity contribution in [2.24, 2.45) is 12.8 Å². The van der Waals surface area contributed by atoms with Crippen molar-refractivity contribution in [1.29, 1.82) is 0 Å². The minimum Gasteiger partial charge on any atom is -0.492 e. The van der Waals surface area contributed by atoms with E-state index in [-0.39, 0.29) is 11.7 Å². The molecular weight excluding hydrogens is 282 g/mol. The zero-order valence-electron chi connectivity index (χ0n) is 12.6. The third-order valence-electron chi connectivity index (χ3n) is 3.14. The number of amides is 1. The largest absolute Gasteiger partial charge is 0.492 e. The number of aromatic nitrogens is 1. The number of rotatable bonds is 6. The minimum atomic E-state index is -0.273. The Labute approximate surface area is 128 Å². The van der Waals surface area contributed by atoms with Crippen molar-refractivity contribution in [3.63, 3.8) is 0 Å². The fourth-order valence-electron chi connectivity index (χ4n) is 1.99. The summed E-state index contributed by atoms with van der Waals surface area (Å²) in [6.45, 7) is 2.37. The van der Waals surface area contributed by atoms with Gasteiger partial charge in [-0.05, 0) is 37.3 Å². The Hall–Kier alpha value is -2.60. The SMILES string of the molecule is CC(=O)c1cc(C(=O)Nc2ccc(OCCN)cc2)n(C)c1. The normalized spacial score (nSPS) is 10.3. The molecule has 0 fully saturated rings. The van der Waals surface area contributed by atoms with Crippen LogP contribution in [0.4, 0.5) is 5.69 Å². The molecule has 0 atom stereocenters. The summed E-state index contributed by atoms with van der Waals surface area (Å²) in [6.07, 6.45) is 1.64. The van der Waals surface area contributed by atoms with Gasteiger partial charge in [0.25, 0.3) is 5.91 Å². The highest BCUT2D eigenvalue weighted by Gasteiger charge is 2.13. The number of anilines is 1. The first kappa shape index (κ1) is 15.8. The highest BCUT2D eigenvalue weighted by molar-refractivity contribution is 6.05. The number of nitrogens with zero attached hydrogens (tertiary/aromatic N) is 1. The highest BCUT2D eigenvalue weighted by Crippen LogP contribution is 2.17. The van der Waals surface area contributed by atoms with Crippen molar-refractivity contribution >= 4 is 17.4 Å². The van der Waals surface area contributed by atoms with Crippen molar-refractivity contribution < 1.29 is 14.3 Å². The molecule has 1 aromatic heterocycles. The van der Waals surface area contributed by atoms with E-state index in [1.54, 1.807) is 48.1 Å². The molecule has 0 aliphatic heterocycles. The maximum Gasteiger partial charge on any atom is 0.272 e. The summed E-state index contributed by atoms with van der Waals surface area (Å²) in [4.78, 5) is 23.6. The molecule has 0 bridgehead atoms. The van der Waals surface area contributed by atoms with E-state index in [2.05, 4.69) is 5.32 Å². The number of hydrogen-bond donors (Lipinski definition) is 2. The molecule has 1 aromatic carbocycles. The van der Waals surface area contributed by atoms with Gasteiger partial charge in [0.1, 0.15) is 18.1 Å². The van der Waals surface area contributed by atoms with Crippen LogP contribution in [0.1, 0.15) is 27.8 Å². The zero-order chi connectivity index (χ0) is 16.1. The Morgan fingerprint density at radius 3 is 2.50 bits per heavy atom. The van der Waals surface area contributed by atoms with Gasteiger partial charge in [0, 0.05) is 31.0 Å². The maximum atomic E-state index is 12.2. The second-order valence-electron chi connectivity index (χ2n) is 4.90. The lowest BCUT2D eigenvalue weighted by molar-refractivity contribution is 0.101. The van der Waals surface area contributed by atoms with E-state index in [1.807, 2.05) is 0 Å². The summed E-state index contributed by atoms with van der Waals surface area (Å²) in [5.74, 6) is 0.350. The average Bonchev–Trinajstić information content (AvgIpc) is 2.89. The van der Waals surface area contributed by atoms with Crippen LogP contribution in [0.3, 0.4) is 0 Å². The predicted octanol–water partition coefficient (Wildman–Crippen LogP) is 1.82. The first-order valence-electron chi connectivity index (χ1n) is 6.93. The standard InChI is InChI=1S/C16H19N3O3/c1-11(20)12-9-15(19(2)10-12)16(21)18-13-3-5-14(6-4-13)22-8-7-17/h3-6,9-10H,7-8,17H2,1-2H3,(H,18,21). The molecule has 116 valence electrons. The van der Waals surface area contributed by atoms with Gasteiger partial charge in [-0.2, -0.15) is 0 Å². The third-order valence-corrected chi connectivity index (χ3v) is 3.14. The first-order valence-corrected chi connectivity index (χ1v) is 6.93. The lowest BCUT2D eigenvalue weighted by Gasteiger charge is -2.08. The summed E-state index contributed by atoms with van der Waals surface area (Å²) in [6, 6.07) is 8.60. The van der Waals surface area contributed by atoms with Crippen molar-refractivity contribution in [2.45, 2.75) is 6.92 Å². The Balaban J connectivity index is 2.07. The lowest BCUT2D eigenvalue weighted by atomic mass is 10.2. The van der Waals surface area contributed by atoms with Crippen LogP contribution >= 0.6 is 0 Å². The molecule has 1 heterocycles. The van der Waals surface area contributed by atoms with E-state index < -0.39 is 0 Å². The van der Waals surface area contributed by atoms with Crippen molar-refractivity contribution in [2.75, 3.05) is 18.5 Å². The molecule has 0 saturated carbocycles. The first-order chi connectivity index (χ1) is 10.5. The molecule has 0 aliphatic carbocycles. The highest BCUT2D eigenvalue weighted by atomic mass is 16.5. The second-order valence-corrected chi connectivity index (χ2v) is 4.90. The van der Waals surface area contributed by atoms with Crippen molar-refractivity contribution in [3.05, 3.63) is 47.8 Å². The van der Waals surface area contributed by atoms with E-state index in [9.17, 15) is 9.59 Å². The van der Waals surface area contributed by atoms with Crippen LogP contribution in [0.25, 0.3) is 0 Å². The van der Waals surface area contributed by atoms with Gasteiger partial charge in [0.2, 0.25) is 0 Å². The number of Topliss-reactive ketones (excluding diaryl/α,β-unsaturated/α-hetero) is 1. The topological polar surface area (TPSA) is 86.3 Å². The van der Waals surface area contributed by atoms with Gasteiger partial charge in [-0.1, -0.05) is 0 Å². The molecule has 0 unspecified atom stereocenters. The summed E-state index contributed by atoms with van der Waals surface area (Å²) >= 11 is 0. The Kier molecular flexibility index (Phi) is 4.95. The number of ether oxygens (including phenoxy) is 1. The van der Waals surface area contributed by atoms with Gasteiger partial charge in [0.15, 0.2) is 5.78 Å². The van der Waals surface area contributed by atoms with Gasteiger partial charge in [-0.25, -0.2) is 0 Å². The molecule has 0 saturated heterocycles. The summed E-state index contributed by atoms with van der Waals surface area (Å²) in [5.41, 5.74) is 6.95. The van der Waals surface area contributed by atoms with Crippen LogP contribution in [-0.2, 0) is 7.05 Å². The van der Waals surface area contributed by atoms with Crippen LogP contribution in [0, 0.1) is 0 Å². The molecule has 0 spiro atoms. The van der Waals surface area contributed by atoms with Gasteiger partial charge >= 0.3 is 0 Å². The fourth-order valence-corrected chi connectivity index (χ4v) is 1.99. The molecule has 22 heavy (non-hydrogen) atoms. The monoisotopic (exact) mass is 301 g/mol. The van der Waals surface area contributed by atoms with Gasteiger partial charge < -0.3 is 20.4 Å². The maximum absolute atomic E-state index is 12.2. The van der Waals surface area contributed by atoms with Gasteiger partial charge in [0.05, 0.1) is 0 Å². The number of hydrogen-bond acceptors (Lipinski definition) is 4. The molecule has 6 heteroatoms. The van der Waals surface area contributed by atoms with E-state index in [0.29, 0.717) is 35.8 Å². The molecular formula is C16H19N3O3. The Morgan fingerprint density at radius 1 is 1.27 bits per heavy atom. The van der Waals surface area contributed by atoms with Crippen LogP contribution in [0.15, 0.2) is 36.5 Å². The van der Waals surface area contributed by atoms with Crippen molar-refractivity contribution in [3.8, 4) is 5.75 Å². The molecule has 6 nitrogen and oxygen atoms in total. The second kappa shape index (κ2) is 6.91. The zero-order valence-corrected chi connectivity index (χ0v) is 12.6. The quantitative estimate of drug-likeness (QED) is 0.797. The van der Waals surface area contributed by atoms with Gasteiger partial charge in [-0.15, -0.1) is 0 Å². The number of nitrogens with two attached hydrogens (primary N) is 1. The van der Waals surface area contributed by atoms with Gasteiger partial charge in [-0.3, -0.25) is 9.59 Å². The van der Waals surface area contributed by atoms with E-state index in [0.717, 1.165) is 0 Å². The van der Waals surface area contributed by atoms with Crippen molar-refractivity contribution in [1.82, 2.24) is 4.57 Å². The Bertz CT molecular complexity index is 674. The summed E-state index contributed by atoms with van der Waals surface area (Å²) < 4.78 is 7.00. The summed E-state index contributed by atoms with van der Waals surface area (Å²) in [5, 5.41) is 2.78. The molecule has 0 aliphatic rings. The van der Waals surface area contributed by atoms with Crippen LogP contribution < -0.4 is 15.8 Å². The van der Waals surface area contributed by atoms with Crippen LogP contribution in [0.5, 0.6) is 5.75 Å². The number of carbonyl (C=O) groups excluding carboxylic acids is 2. The van der Waals surface area contributed by atoms with E-state index in [4.69, 9.17) is 10.5 Å². The number of carbonyl (C=O) groups is 2. The molecule has 2 rings (SSSR count). The lowest BCUT2D eigenvalue weighted by Crippen LogP contribution is -2.15. The number of aryl methyl sites for hydroxylation is 1. The summed E-state index contributed by atoms with van der Waals surface area (Å²) in [7, 11) is 1.73. The number of nitrogens with one attached hydrogen (secondary N) is 1. The molecule has 0 radical (unpaired) electrons. The third kappa shape index (κ3) is 3.73. The average molecular weight is 301 g/mol. The number of ketones is 1. The fraction of sp³-hybridized carbons (Fsp3) is 0.250. The van der Waals surface area contributed by atoms with E-state index in [1.165, 1.54) is 6.92 Å². The predicted molar refractivity (Wildman–Crippen MR) is 84.4 cm³/mol. The molecule has 3 N–H and O–H groups in total. The number of benzene rings is 1. The smallest absolute Gasteiger partial charge is 0.272 e. The minimum absolute atomic E-state index is 0.0731. The molecule has 1 amide bonds. The van der Waals surface area contributed by atoms with Crippen LogP contribution in [0.2, 0.25) is 0 Å².